The molecule has 0 amide bonds. The van der Waals surface area contributed by atoms with Crippen LogP contribution in [-0.4, -0.2) is 37.1 Å². The Balaban J connectivity index is 3.84. The summed E-state index contributed by atoms with van der Waals surface area (Å²) in [6, 6.07) is 0. The number of carbonyl (C=O) groups is 1. The number of esters is 1. The average molecular weight is 248 g/mol. The first-order valence-electron chi connectivity index (χ1n) is 6.23. The van der Waals surface area contributed by atoms with Crippen LogP contribution in [0.4, 0.5) is 0 Å². The van der Waals surface area contributed by atoms with Crippen molar-refractivity contribution in [1.82, 2.24) is 0 Å². The molecule has 0 aliphatic rings. The standard InChI is InChI=1S/C13H28O2S/c1-6-8-9-12(7-2)13(14)15-10-11-16(3,4)5/h12H,6-11H2,1-5H3. The molecule has 3 heteroatoms. The lowest BCUT2D eigenvalue weighted by atomic mass is 10.00. The van der Waals surface area contributed by atoms with Crippen LogP contribution in [0.1, 0.15) is 39.5 Å². The van der Waals surface area contributed by atoms with Gasteiger partial charge in [0, 0.05) is 5.75 Å². The normalized spacial score (nSPS) is 14.6. The SMILES string of the molecule is CCCCC(CC)C(=O)OCCS(C)(C)C. The van der Waals surface area contributed by atoms with E-state index in [-0.39, 0.29) is 11.9 Å². The Bertz CT molecular complexity index is 197. The summed E-state index contributed by atoms with van der Waals surface area (Å²) in [5.74, 6) is 1.15. The van der Waals surface area contributed by atoms with Crippen molar-refractivity contribution in [3.63, 3.8) is 0 Å². The second-order valence-electron chi connectivity index (χ2n) is 5.21. The fourth-order valence-electron chi connectivity index (χ4n) is 1.45. The first-order valence-corrected chi connectivity index (χ1v) is 9.26. The van der Waals surface area contributed by atoms with Crippen molar-refractivity contribution < 1.29 is 9.53 Å². The Labute approximate surface area is 102 Å². The Morgan fingerprint density at radius 2 is 1.88 bits per heavy atom. The molecule has 0 aromatic carbocycles. The monoisotopic (exact) mass is 248 g/mol. The lowest BCUT2D eigenvalue weighted by Crippen LogP contribution is -2.20. The van der Waals surface area contributed by atoms with Crippen LogP contribution in [0.2, 0.25) is 0 Å². The summed E-state index contributed by atoms with van der Waals surface area (Å²) in [6.45, 7) is 4.82. The molecule has 0 fully saturated rings. The fourth-order valence-corrected chi connectivity index (χ4v) is 2.03. The number of rotatable bonds is 8. The van der Waals surface area contributed by atoms with E-state index in [0.717, 1.165) is 31.4 Å². The maximum Gasteiger partial charge on any atom is 0.308 e. The van der Waals surface area contributed by atoms with Crippen molar-refractivity contribution in [2.45, 2.75) is 39.5 Å². The van der Waals surface area contributed by atoms with Gasteiger partial charge in [-0.05, 0) is 31.6 Å². The van der Waals surface area contributed by atoms with Crippen LogP contribution in [0.15, 0.2) is 0 Å². The van der Waals surface area contributed by atoms with Gasteiger partial charge in [-0.2, -0.15) is 0 Å². The van der Waals surface area contributed by atoms with Gasteiger partial charge in [-0.15, -0.1) is 0 Å². The number of hydrogen-bond donors (Lipinski definition) is 0. The van der Waals surface area contributed by atoms with Gasteiger partial charge in [0.05, 0.1) is 12.5 Å². The van der Waals surface area contributed by atoms with E-state index < -0.39 is 10.0 Å². The molecule has 0 saturated carbocycles. The van der Waals surface area contributed by atoms with E-state index in [2.05, 4.69) is 32.6 Å². The lowest BCUT2D eigenvalue weighted by Gasteiger charge is -2.25. The number of hydrogen-bond acceptors (Lipinski definition) is 2. The predicted molar refractivity (Wildman–Crippen MR) is 74.5 cm³/mol. The quantitative estimate of drug-likeness (QED) is 0.615. The van der Waals surface area contributed by atoms with Crippen LogP contribution in [0, 0.1) is 5.92 Å². The van der Waals surface area contributed by atoms with Crippen LogP contribution in [-0.2, 0) is 9.53 Å². The molecule has 0 N–H and O–H groups in total. The van der Waals surface area contributed by atoms with Gasteiger partial charge in [0.15, 0.2) is 0 Å². The third kappa shape index (κ3) is 8.03. The van der Waals surface area contributed by atoms with Crippen molar-refractivity contribution in [1.29, 1.82) is 0 Å². The lowest BCUT2D eigenvalue weighted by molar-refractivity contribution is -0.148. The van der Waals surface area contributed by atoms with Crippen molar-refractivity contribution in [3.8, 4) is 0 Å². The van der Waals surface area contributed by atoms with Crippen molar-refractivity contribution in [2.24, 2.45) is 5.92 Å². The summed E-state index contributed by atoms with van der Waals surface area (Å²) in [6.07, 6.45) is 10.9. The minimum atomic E-state index is -0.546. The van der Waals surface area contributed by atoms with Gasteiger partial charge < -0.3 is 4.74 Å². The molecule has 16 heavy (non-hydrogen) atoms. The Kier molecular flexibility index (Phi) is 7.90. The third-order valence-electron chi connectivity index (χ3n) is 2.67. The summed E-state index contributed by atoms with van der Waals surface area (Å²) in [5, 5.41) is 0. The van der Waals surface area contributed by atoms with E-state index in [9.17, 15) is 4.79 Å². The molecule has 0 aliphatic heterocycles. The highest BCUT2D eigenvalue weighted by Crippen LogP contribution is 2.33. The van der Waals surface area contributed by atoms with E-state index in [0.29, 0.717) is 6.61 Å². The highest BCUT2D eigenvalue weighted by molar-refractivity contribution is 8.32. The molecule has 1 unspecified atom stereocenters. The molecule has 0 heterocycles. The molecule has 2 nitrogen and oxygen atoms in total. The number of carbonyl (C=O) groups excluding carboxylic acids is 1. The first-order chi connectivity index (χ1) is 7.40. The molecule has 0 rings (SSSR count). The molecule has 0 aromatic heterocycles. The van der Waals surface area contributed by atoms with Gasteiger partial charge in [0.1, 0.15) is 0 Å². The van der Waals surface area contributed by atoms with Gasteiger partial charge in [0.2, 0.25) is 0 Å². The summed E-state index contributed by atoms with van der Waals surface area (Å²) in [7, 11) is -0.546. The van der Waals surface area contributed by atoms with Crippen molar-refractivity contribution >= 4 is 16.0 Å². The largest absolute Gasteiger partial charge is 0.465 e. The maximum absolute atomic E-state index is 11.8. The Morgan fingerprint density at radius 1 is 1.25 bits per heavy atom. The van der Waals surface area contributed by atoms with Crippen LogP contribution < -0.4 is 0 Å². The van der Waals surface area contributed by atoms with Crippen molar-refractivity contribution in [3.05, 3.63) is 0 Å². The van der Waals surface area contributed by atoms with Crippen LogP contribution in [0.3, 0.4) is 0 Å². The molecule has 0 saturated heterocycles. The van der Waals surface area contributed by atoms with Gasteiger partial charge in [-0.3, -0.25) is 4.79 Å². The van der Waals surface area contributed by atoms with E-state index in [1.165, 1.54) is 0 Å². The van der Waals surface area contributed by atoms with Crippen molar-refractivity contribution in [2.75, 3.05) is 31.1 Å². The van der Waals surface area contributed by atoms with E-state index in [1.807, 2.05) is 0 Å². The highest BCUT2D eigenvalue weighted by atomic mass is 32.3. The second kappa shape index (κ2) is 7.99. The van der Waals surface area contributed by atoms with Crippen LogP contribution in [0.5, 0.6) is 0 Å². The summed E-state index contributed by atoms with van der Waals surface area (Å²) in [5.41, 5.74) is 0. The van der Waals surface area contributed by atoms with E-state index in [1.54, 1.807) is 0 Å². The van der Waals surface area contributed by atoms with E-state index in [4.69, 9.17) is 4.74 Å². The summed E-state index contributed by atoms with van der Waals surface area (Å²) >= 11 is 0. The predicted octanol–water partition coefficient (Wildman–Crippen LogP) is 3.44. The number of unbranched alkanes of at least 4 members (excludes halogenated alkanes) is 1. The molecule has 0 radical (unpaired) electrons. The second-order valence-corrected chi connectivity index (χ2v) is 9.80. The zero-order chi connectivity index (χ0) is 12.6. The number of ether oxygens (including phenoxy) is 1. The minimum Gasteiger partial charge on any atom is -0.465 e. The van der Waals surface area contributed by atoms with Crippen LogP contribution in [0.25, 0.3) is 0 Å². The molecule has 0 spiro atoms. The molecule has 1 atom stereocenters. The Hall–Kier alpha value is -0.180. The fraction of sp³-hybridized carbons (Fsp3) is 0.923. The third-order valence-corrected chi connectivity index (χ3v) is 4.06. The van der Waals surface area contributed by atoms with Gasteiger partial charge in [-0.25, -0.2) is 10.0 Å². The average Bonchev–Trinajstić information content (AvgIpc) is 2.17. The highest BCUT2D eigenvalue weighted by Gasteiger charge is 2.17. The first kappa shape index (κ1) is 15.8. The zero-order valence-electron chi connectivity index (χ0n) is 11.5. The van der Waals surface area contributed by atoms with Gasteiger partial charge in [0.25, 0.3) is 0 Å². The smallest absolute Gasteiger partial charge is 0.308 e. The van der Waals surface area contributed by atoms with E-state index >= 15 is 0 Å². The van der Waals surface area contributed by atoms with Gasteiger partial charge in [-0.1, -0.05) is 26.7 Å². The summed E-state index contributed by atoms with van der Waals surface area (Å²) < 4.78 is 5.35. The minimum absolute atomic E-state index is 0.0135. The maximum atomic E-state index is 11.8. The molecule has 0 aliphatic carbocycles. The molecular formula is C13H28O2S. The Morgan fingerprint density at radius 3 is 2.31 bits per heavy atom. The zero-order valence-corrected chi connectivity index (χ0v) is 12.4. The van der Waals surface area contributed by atoms with Gasteiger partial charge >= 0.3 is 5.97 Å². The molecular weight excluding hydrogens is 220 g/mol. The molecule has 0 aromatic rings. The molecule has 0 bridgehead atoms. The summed E-state index contributed by atoms with van der Waals surface area (Å²) in [4.78, 5) is 11.8. The van der Waals surface area contributed by atoms with Crippen LogP contribution >= 0.6 is 10.0 Å². The topological polar surface area (TPSA) is 26.3 Å². The molecule has 98 valence electrons.